The summed E-state index contributed by atoms with van der Waals surface area (Å²) in [6, 6.07) is 10.8. The monoisotopic (exact) mass is 229 g/mol. The number of aromatic nitrogens is 1. The van der Waals surface area contributed by atoms with E-state index in [9.17, 15) is 4.79 Å². The molecule has 1 heterocycles. The highest BCUT2D eigenvalue weighted by molar-refractivity contribution is 5.59. The van der Waals surface area contributed by atoms with Gasteiger partial charge in [0.2, 0.25) is 0 Å². The fraction of sp³-hybridized carbons (Fsp3) is 0.214. The third-order valence-corrected chi connectivity index (χ3v) is 2.41. The van der Waals surface area contributed by atoms with E-state index in [2.05, 4.69) is 11.9 Å². The minimum atomic E-state index is 0.00468. The Morgan fingerprint density at radius 2 is 1.94 bits per heavy atom. The van der Waals surface area contributed by atoms with Gasteiger partial charge in [-0.1, -0.05) is 6.92 Å². The molecule has 0 aliphatic rings. The molecule has 0 radical (unpaired) electrons. The molecule has 1 aromatic carbocycles. The molecule has 0 aliphatic carbocycles. The molecule has 0 aliphatic heterocycles. The van der Waals surface area contributed by atoms with Crippen molar-refractivity contribution in [1.29, 1.82) is 0 Å². The van der Waals surface area contributed by atoms with E-state index in [0.29, 0.717) is 0 Å². The van der Waals surface area contributed by atoms with Crippen LogP contribution >= 0.6 is 0 Å². The van der Waals surface area contributed by atoms with Crippen molar-refractivity contribution in [2.75, 3.05) is 6.61 Å². The first kappa shape index (κ1) is 11.5. The number of pyridine rings is 1. The highest BCUT2D eigenvalue weighted by Gasteiger charge is 1.99. The standard InChI is InChI=1S/C14H15NO2/c1-2-9-17-13-5-3-11(4-6-13)14-10-12(16)7-8-15-14/h3-8,10H,2,9H2,1H3,(H,15,16). The predicted molar refractivity (Wildman–Crippen MR) is 68.3 cm³/mol. The van der Waals surface area contributed by atoms with Gasteiger partial charge in [-0.15, -0.1) is 0 Å². The second-order valence-electron chi connectivity index (χ2n) is 3.81. The van der Waals surface area contributed by atoms with E-state index in [-0.39, 0.29) is 5.43 Å². The molecule has 0 fully saturated rings. The topological polar surface area (TPSA) is 42.1 Å². The fourth-order valence-corrected chi connectivity index (χ4v) is 1.56. The van der Waals surface area contributed by atoms with Crippen LogP contribution in [0.2, 0.25) is 0 Å². The summed E-state index contributed by atoms with van der Waals surface area (Å²) in [7, 11) is 0. The van der Waals surface area contributed by atoms with Crippen molar-refractivity contribution < 1.29 is 4.74 Å². The van der Waals surface area contributed by atoms with E-state index in [0.717, 1.165) is 30.0 Å². The number of rotatable bonds is 4. The first-order valence-electron chi connectivity index (χ1n) is 5.71. The van der Waals surface area contributed by atoms with E-state index >= 15 is 0 Å². The zero-order valence-electron chi connectivity index (χ0n) is 9.77. The molecule has 0 bridgehead atoms. The first-order chi connectivity index (χ1) is 8.29. The zero-order chi connectivity index (χ0) is 12.1. The first-order valence-corrected chi connectivity index (χ1v) is 5.71. The second-order valence-corrected chi connectivity index (χ2v) is 3.81. The minimum absolute atomic E-state index is 0.00468. The lowest BCUT2D eigenvalue weighted by molar-refractivity contribution is 0.317. The molecule has 0 amide bonds. The number of benzene rings is 1. The average Bonchev–Trinajstić information content (AvgIpc) is 2.37. The molecule has 0 spiro atoms. The van der Waals surface area contributed by atoms with Crippen molar-refractivity contribution in [3.8, 4) is 17.0 Å². The summed E-state index contributed by atoms with van der Waals surface area (Å²) < 4.78 is 5.50. The normalized spacial score (nSPS) is 10.2. The van der Waals surface area contributed by atoms with Crippen molar-refractivity contribution in [1.82, 2.24) is 4.98 Å². The Hall–Kier alpha value is -2.03. The van der Waals surface area contributed by atoms with Gasteiger partial charge < -0.3 is 9.72 Å². The largest absolute Gasteiger partial charge is 0.494 e. The van der Waals surface area contributed by atoms with Crippen LogP contribution in [0.3, 0.4) is 0 Å². The van der Waals surface area contributed by atoms with Crippen LogP contribution in [-0.4, -0.2) is 11.6 Å². The summed E-state index contributed by atoms with van der Waals surface area (Å²) in [5.41, 5.74) is 1.80. The highest BCUT2D eigenvalue weighted by atomic mass is 16.5. The predicted octanol–water partition coefficient (Wildman–Crippen LogP) is 2.83. The van der Waals surface area contributed by atoms with E-state index in [1.807, 2.05) is 24.3 Å². The van der Waals surface area contributed by atoms with Crippen LogP contribution in [0.5, 0.6) is 5.75 Å². The summed E-state index contributed by atoms with van der Waals surface area (Å²) in [6.45, 7) is 2.80. The molecule has 3 nitrogen and oxygen atoms in total. The molecule has 3 heteroatoms. The molecule has 0 unspecified atom stereocenters. The lowest BCUT2D eigenvalue weighted by atomic mass is 10.1. The summed E-state index contributed by atoms with van der Waals surface area (Å²) in [5.74, 6) is 0.855. The molecule has 0 saturated carbocycles. The zero-order valence-corrected chi connectivity index (χ0v) is 9.77. The van der Waals surface area contributed by atoms with Gasteiger partial charge in [0.15, 0.2) is 5.43 Å². The number of hydrogen-bond acceptors (Lipinski definition) is 2. The summed E-state index contributed by atoms with van der Waals surface area (Å²) in [6.07, 6.45) is 2.65. The lowest BCUT2D eigenvalue weighted by Gasteiger charge is -2.05. The Kier molecular flexibility index (Phi) is 3.60. The third kappa shape index (κ3) is 2.97. The number of hydrogen-bond donors (Lipinski definition) is 1. The van der Waals surface area contributed by atoms with Gasteiger partial charge in [0.05, 0.1) is 6.61 Å². The second kappa shape index (κ2) is 5.34. The van der Waals surface area contributed by atoms with Crippen LogP contribution in [0.15, 0.2) is 47.4 Å². The number of ether oxygens (including phenoxy) is 1. The van der Waals surface area contributed by atoms with Crippen molar-refractivity contribution >= 4 is 0 Å². The van der Waals surface area contributed by atoms with Gasteiger partial charge in [-0.3, -0.25) is 4.79 Å². The maximum atomic E-state index is 11.2. The Morgan fingerprint density at radius 3 is 2.59 bits per heavy atom. The maximum Gasteiger partial charge on any atom is 0.182 e. The van der Waals surface area contributed by atoms with Gasteiger partial charge in [0, 0.05) is 24.0 Å². The van der Waals surface area contributed by atoms with Crippen LogP contribution in [0.25, 0.3) is 11.3 Å². The Labute approximate surface area is 100 Å². The fourth-order valence-electron chi connectivity index (χ4n) is 1.56. The molecule has 1 aromatic heterocycles. The minimum Gasteiger partial charge on any atom is -0.494 e. The number of H-pyrrole nitrogens is 1. The Balaban J connectivity index is 2.20. The molecule has 0 atom stereocenters. The van der Waals surface area contributed by atoms with Crippen molar-refractivity contribution in [3.63, 3.8) is 0 Å². The molecule has 17 heavy (non-hydrogen) atoms. The van der Waals surface area contributed by atoms with Gasteiger partial charge in [0.25, 0.3) is 0 Å². The van der Waals surface area contributed by atoms with Gasteiger partial charge in [-0.25, -0.2) is 0 Å². The van der Waals surface area contributed by atoms with Gasteiger partial charge in [0.1, 0.15) is 5.75 Å². The summed E-state index contributed by atoms with van der Waals surface area (Å²) in [4.78, 5) is 14.3. The van der Waals surface area contributed by atoms with E-state index in [1.165, 1.54) is 6.07 Å². The van der Waals surface area contributed by atoms with Gasteiger partial charge >= 0.3 is 0 Å². The quantitative estimate of drug-likeness (QED) is 0.875. The van der Waals surface area contributed by atoms with Crippen LogP contribution in [0, 0.1) is 0 Å². The molecule has 88 valence electrons. The number of nitrogens with one attached hydrogen (secondary N) is 1. The SMILES string of the molecule is CCCOc1ccc(-c2cc(=O)cc[nH]2)cc1. The summed E-state index contributed by atoms with van der Waals surface area (Å²) >= 11 is 0. The van der Waals surface area contributed by atoms with Crippen molar-refractivity contribution in [3.05, 3.63) is 52.8 Å². The lowest BCUT2D eigenvalue weighted by Crippen LogP contribution is -1.98. The van der Waals surface area contributed by atoms with E-state index < -0.39 is 0 Å². The Bertz CT molecular complexity index is 528. The van der Waals surface area contributed by atoms with Crippen molar-refractivity contribution in [2.45, 2.75) is 13.3 Å². The van der Waals surface area contributed by atoms with E-state index in [1.54, 1.807) is 12.3 Å². The highest BCUT2D eigenvalue weighted by Crippen LogP contribution is 2.19. The van der Waals surface area contributed by atoms with Crippen LogP contribution < -0.4 is 10.2 Å². The third-order valence-electron chi connectivity index (χ3n) is 2.41. The number of aromatic amines is 1. The van der Waals surface area contributed by atoms with Crippen molar-refractivity contribution in [2.24, 2.45) is 0 Å². The molecule has 0 saturated heterocycles. The molecule has 1 N–H and O–H groups in total. The molecular formula is C14H15NO2. The average molecular weight is 229 g/mol. The molecule has 2 rings (SSSR count). The van der Waals surface area contributed by atoms with Crippen LogP contribution in [0.4, 0.5) is 0 Å². The van der Waals surface area contributed by atoms with Gasteiger partial charge in [-0.05, 0) is 36.2 Å². The smallest absolute Gasteiger partial charge is 0.182 e. The summed E-state index contributed by atoms with van der Waals surface area (Å²) in [5, 5.41) is 0. The Morgan fingerprint density at radius 1 is 1.18 bits per heavy atom. The van der Waals surface area contributed by atoms with E-state index in [4.69, 9.17) is 4.74 Å². The molecule has 2 aromatic rings. The maximum absolute atomic E-state index is 11.2. The van der Waals surface area contributed by atoms with Gasteiger partial charge in [-0.2, -0.15) is 0 Å². The van der Waals surface area contributed by atoms with Crippen LogP contribution in [-0.2, 0) is 0 Å². The molecular weight excluding hydrogens is 214 g/mol. The van der Waals surface area contributed by atoms with Crippen LogP contribution in [0.1, 0.15) is 13.3 Å².